The Morgan fingerprint density at radius 1 is 1.60 bits per heavy atom. The fraction of sp³-hybridized carbons (Fsp3) is 0.800. The SMILES string of the molecule is CCC(C(=O)Cl)C(F)(F)F. The molecule has 0 aromatic rings. The molecule has 0 heterocycles. The van der Waals surface area contributed by atoms with Gasteiger partial charge in [0.15, 0.2) is 0 Å². The summed E-state index contributed by atoms with van der Waals surface area (Å²) in [6.07, 6.45) is -4.79. The van der Waals surface area contributed by atoms with Gasteiger partial charge in [0.1, 0.15) is 5.92 Å². The Kier molecular flexibility index (Phi) is 3.15. The molecule has 0 fully saturated rings. The molecule has 0 aliphatic carbocycles. The minimum absolute atomic E-state index is 0.300. The Hall–Kier alpha value is -0.250. The molecule has 0 radical (unpaired) electrons. The minimum atomic E-state index is -4.49. The van der Waals surface area contributed by atoms with Gasteiger partial charge in [-0.25, -0.2) is 0 Å². The Morgan fingerprint density at radius 2 is 2.00 bits per heavy atom. The molecule has 0 aromatic carbocycles. The Morgan fingerprint density at radius 3 is 2.00 bits per heavy atom. The minimum Gasteiger partial charge on any atom is -0.281 e. The van der Waals surface area contributed by atoms with Crippen molar-refractivity contribution in [3.63, 3.8) is 0 Å². The van der Waals surface area contributed by atoms with Gasteiger partial charge in [0.2, 0.25) is 5.24 Å². The summed E-state index contributed by atoms with van der Waals surface area (Å²) in [4.78, 5) is 10.1. The van der Waals surface area contributed by atoms with Crippen molar-refractivity contribution in [3.05, 3.63) is 0 Å². The van der Waals surface area contributed by atoms with E-state index in [0.29, 0.717) is 0 Å². The highest BCUT2D eigenvalue weighted by Gasteiger charge is 2.42. The van der Waals surface area contributed by atoms with Crippen molar-refractivity contribution in [2.75, 3.05) is 0 Å². The van der Waals surface area contributed by atoms with Crippen molar-refractivity contribution in [1.29, 1.82) is 0 Å². The Balaban J connectivity index is 4.22. The van der Waals surface area contributed by atoms with Gasteiger partial charge in [-0.05, 0) is 18.0 Å². The second-order valence-electron chi connectivity index (χ2n) is 1.81. The van der Waals surface area contributed by atoms with Crippen LogP contribution in [0.5, 0.6) is 0 Å². The summed E-state index contributed by atoms with van der Waals surface area (Å²) in [5, 5.41) is -1.34. The molecule has 10 heavy (non-hydrogen) atoms. The van der Waals surface area contributed by atoms with E-state index < -0.39 is 17.3 Å². The number of carbonyl (C=O) groups excluding carboxylic acids is 1. The molecule has 1 unspecified atom stereocenters. The van der Waals surface area contributed by atoms with Gasteiger partial charge in [0.25, 0.3) is 0 Å². The normalized spacial score (nSPS) is 14.9. The van der Waals surface area contributed by atoms with Gasteiger partial charge in [-0.15, -0.1) is 0 Å². The monoisotopic (exact) mass is 174 g/mol. The number of rotatable bonds is 2. The van der Waals surface area contributed by atoms with Gasteiger partial charge in [-0.1, -0.05) is 6.92 Å². The zero-order valence-corrected chi connectivity index (χ0v) is 5.96. The van der Waals surface area contributed by atoms with E-state index in [-0.39, 0.29) is 6.42 Å². The van der Waals surface area contributed by atoms with Crippen LogP contribution in [-0.4, -0.2) is 11.4 Å². The van der Waals surface area contributed by atoms with Crippen LogP contribution < -0.4 is 0 Å². The largest absolute Gasteiger partial charge is 0.399 e. The predicted molar refractivity (Wildman–Crippen MR) is 30.7 cm³/mol. The molecule has 0 saturated heterocycles. The third-order valence-corrected chi connectivity index (χ3v) is 1.34. The summed E-state index contributed by atoms with van der Waals surface area (Å²) in [5.74, 6) is -2.01. The lowest BCUT2D eigenvalue weighted by Gasteiger charge is -2.12. The van der Waals surface area contributed by atoms with Gasteiger partial charge in [-0.3, -0.25) is 4.79 Å². The molecule has 0 N–H and O–H groups in total. The molecule has 1 nitrogen and oxygen atoms in total. The lowest BCUT2D eigenvalue weighted by molar-refractivity contribution is -0.177. The molecule has 0 amide bonds. The van der Waals surface area contributed by atoms with E-state index in [4.69, 9.17) is 0 Å². The van der Waals surface area contributed by atoms with E-state index in [1.54, 1.807) is 0 Å². The molecular formula is C5H6ClF3O. The topological polar surface area (TPSA) is 17.1 Å². The Bertz CT molecular complexity index is 131. The summed E-state index contributed by atoms with van der Waals surface area (Å²) >= 11 is 4.67. The van der Waals surface area contributed by atoms with Crippen LogP contribution in [0.25, 0.3) is 0 Å². The van der Waals surface area contributed by atoms with Crippen molar-refractivity contribution < 1.29 is 18.0 Å². The van der Waals surface area contributed by atoms with Crippen molar-refractivity contribution in [1.82, 2.24) is 0 Å². The molecule has 5 heteroatoms. The molecule has 60 valence electrons. The molecule has 0 rings (SSSR count). The van der Waals surface area contributed by atoms with Crippen LogP contribution in [0.1, 0.15) is 13.3 Å². The van der Waals surface area contributed by atoms with Crippen LogP contribution in [0.2, 0.25) is 0 Å². The second-order valence-corrected chi connectivity index (χ2v) is 2.18. The van der Waals surface area contributed by atoms with Gasteiger partial charge in [0.05, 0.1) is 0 Å². The first-order chi connectivity index (χ1) is 4.39. The molecule has 0 aliphatic heterocycles. The van der Waals surface area contributed by atoms with Crippen LogP contribution >= 0.6 is 11.6 Å². The molecule has 0 spiro atoms. The lowest BCUT2D eigenvalue weighted by atomic mass is 10.1. The molecule has 0 aromatic heterocycles. The van der Waals surface area contributed by atoms with Crippen molar-refractivity contribution >= 4 is 16.8 Å². The Labute approximate surface area is 61.2 Å². The summed E-state index contributed by atoms with van der Waals surface area (Å²) < 4.78 is 35.0. The molecule has 0 saturated carbocycles. The summed E-state index contributed by atoms with van der Waals surface area (Å²) in [5.41, 5.74) is 0. The third kappa shape index (κ3) is 2.56. The molecule has 0 aliphatic rings. The van der Waals surface area contributed by atoms with Crippen LogP contribution in [0.15, 0.2) is 0 Å². The van der Waals surface area contributed by atoms with Crippen LogP contribution in [-0.2, 0) is 4.79 Å². The van der Waals surface area contributed by atoms with Crippen LogP contribution in [0.3, 0.4) is 0 Å². The first-order valence-corrected chi connectivity index (χ1v) is 3.03. The van der Waals surface area contributed by atoms with Crippen molar-refractivity contribution in [3.8, 4) is 0 Å². The van der Waals surface area contributed by atoms with Crippen molar-refractivity contribution in [2.45, 2.75) is 19.5 Å². The van der Waals surface area contributed by atoms with Gasteiger partial charge < -0.3 is 0 Å². The second kappa shape index (κ2) is 3.23. The molecule has 0 bridgehead atoms. The fourth-order valence-corrected chi connectivity index (χ4v) is 0.799. The zero-order chi connectivity index (χ0) is 8.36. The molecular weight excluding hydrogens is 169 g/mol. The standard InChI is InChI=1S/C5H6ClF3O/c1-2-3(4(6)10)5(7,8)9/h3H,2H2,1H3. The quantitative estimate of drug-likeness (QED) is 0.588. The average molecular weight is 175 g/mol. The smallest absolute Gasteiger partial charge is 0.281 e. The number of hydrogen-bond donors (Lipinski definition) is 0. The van der Waals surface area contributed by atoms with E-state index in [2.05, 4.69) is 11.6 Å². The maximum atomic E-state index is 11.7. The van der Waals surface area contributed by atoms with Crippen LogP contribution in [0.4, 0.5) is 13.2 Å². The molecule has 1 atom stereocenters. The fourth-order valence-electron chi connectivity index (χ4n) is 0.521. The summed E-state index contributed by atoms with van der Waals surface area (Å²) in [7, 11) is 0. The zero-order valence-electron chi connectivity index (χ0n) is 5.20. The maximum Gasteiger partial charge on any atom is 0.399 e. The van der Waals surface area contributed by atoms with Gasteiger partial charge >= 0.3 is 6.18 Å². The van der Waals surface area contributed by atoms with E-state index in [1.165, 1.54) is 6.92 Å². The van der Waals surface area contributed by atoms with Crippen LogP contribution in [0, 0.1) is 5.92 Å². The van der Waals surface area contributed by atoms with E-state index in [0.717, 1.165) is 0 Å². The number of carbonyl (C=O) groups is 1. The van der Waals surface area contributed by atoms with E-state index in [9.17, 15) is 18.0 Å². The van der Waals surface area contributed by atoms with E-state index >= 15 is 0 Å². The number of hydrogen-bond acceptors (Lipinski definition) is 1. The number of halogens is 4. The van der Waals surface area contributed by atoms with Gasteiger partial charge in [-0.2, -0.15) is 13.2 Å². The highest BCUT2D eigenvalue weighted by atomic mass is 35.5. The van der Waals surface area contributed by atoms with Gasteiger partial charge in [0, 0.05) is 0 Å². The first-order valence-electron chi connectivity index (χ1n) is 2.65. The van der Waals surface area contributed by atoms with E-state index in [1.807, 2.05) is 0 Å². The highest BCUT2D eigenvalue weighted by Crippen LogP contribution is 2.30. The maximum absolute atomic E-state index is 11.7. The van der Waals surface area contributed by atoms with Crippen molar-refractivity contribution in [2.24, 2.45) is 5.92 Å². The summed E-state index contributed by atoms with van der Waals surface area (Å²) in [6, 6.07) is 0. The predicted octanol–water partition coefficient (Wildman–Crippen LogP) is 2.34. The first kappa shape index (κ1) is 9.75. The summed E-state index contributed by atoms with van der Waals surface area (Å²) in [6.45, 7) is 1.26. The average Bonchev–Trinajstić information content (AvgIpc) is 1.60. The lowest BCUT2D eigenvalue weighted by Crippen LogP contribution is -2.27. The third-order valence-electron chi connectivity index (χ3n) is 1.08. The highest BCUT2D eigenvalue weighted by molar-refractivity contribution is 6.64. The number of alkyl halides is 3.